The van der Waals surface area contributed by atoms with E-state index < -0.39 is 22.1 Å². The number of rotatable bonds is 2. The summed E-state index contributed by atoms with van der Waals surface area (Å²) < 4.78 is 0.736. The van der Waals surface area contributed by atoms with Crippen LogP contribution in [0.4, 0.5) is 0 Å². The van der Waals surface area contributed by atoms with Crippen LogP contribution in [0.5, 0.6) is 0 Å². The molecule has 2 heterocycles. The van der Waals surface area contributed by atoms with Crippen LogP contribution < -0.4 is 11.2 Å². The summed E-state index contributed by atoms with van der Waals surface area (Å²) in [6.45, 7) is 3.22. The summed E-state index contributed by atoms with van der Waals surface area (Å²) in [6, 6.07) is 0. The molecule has 3 N–H and O–H groups in total. The van der Waals surface area contributed by atoms with Crippen molar-refractivity contribution in [3.05, 3.63) is 32.6 Å². The predicted octanol–water partition coefficient (Wildman–Crippen LogP) is -0.408. The number of aromatic nitrogens is 2. The van der Waals surface area contributed by atoms with Crippen LogP contribution >= 0.6 is 11.8 Å². The summed E-state index contributed by atoms with van der Waals surface area (Å²) in [5.41, 5.74) is -0.440. The lowest BCUT2D eigenvalue weighted by Gasteiger charge is -2.24. The Balaban J connectivity index is 2.38. The predicted molar refractivity (Wildman–Crippen MR) is 68.8 cm³/mol. The average molecular weight is 272 g/mol. The maximum Gasteiger partial charge on any atom is 0.329 e. The molecule has 0 aromatic carbocycles. The van der Waals surface area contributed by atoms with Crippen molar-refractivity contribution in [3.63, 3.8) is 0 Å². The number of nitrogens with zero attached hydrogens (tertiary/aromatic N) is 1. The van der Waals surface area contributed by atoms with E-state index >= 15 is 0 Å². The number of aliphatic hydroxyl groups excluding tert-OH is 2. The highest BCUT2D eigenvalue weighted by atomic mass is 32.2. The van der Waals surface area contributed by atoms with E-state index in [4.69, 9.17) is 0 Å². The molecule has 1 fully saturated rings. The van der Waals surface area contributed by atoms with Crippen molar-refractivity contribution >= 4 is 11.8 Å². The smallest absolute Gasteiger partial charge is 0.329 e. The largest absolute Gasteiger partial charge is 0.395 e. The van der Waals surface area contributed by atoms with Gasteiger partial charge < -0.3 is 10.2 Å². The summed E-state index contributed by atoms with van der Waals surface area (Å²) in [4.78, 5) is 25.3. The summed E-state index contributed by atoms with van der Waals surface area (Å²) >= 11 is 1.34. The lowest BCUT2D eigenvalue weighted by atomic mass is 10.0. The number of H-pyrrole nitrogens is 1. The molecule has 7 heteroatoms. The standard InChI is InChI=1S/C11H16N2O4S/c1-6-4-13(10(17)12-9(6)16)8-3-7(15)11(2,5-14)18-8/h4,7-8,14-15H,3,5H2,1-2H3,(H,12,16,17). The van der Waals surface area contributed by atoms with E-state index in [9.17, 15) is 19.8 Å². The van der Waals surface area contributed by atoms with Gasteiger partial charge in [-0.15, -0.1) is 11.8 Å². The van der Waals surface area contributed by atoms with E-state index in [-0.39, 0.29) is 12.0 Å². The van der Waals surface area contributed by atoms with Crippen LogP contribution in [0.25, 0.3) is 0 Å². The molecule has 3 unspecified atom stereocenters. The fourth-order valence-corrected chi connectivity index (χ4v) is 3.49. The number of aliphatic hydroxyl groups is 2. The molecule has 0 bridgehead atoms. The Morgan fingerprint density at radius 1 is 1.61 bits per heavy atom. The van der Waals surface area contributed by atoms with Crippen LogP contribution in [0.3, 0.4) is 0 Å². The molecule has 0 spiro atoms. The molecule has 1 aromatic rings. The Kier molecular flexibility index (Phi) is 3.39. The molecule has 2 rings (SSSR count). The van der Waals surface area contributed by atoms with Gasteiger partial charge >= 0.3 is 5.69 Å². The molecular formula is C11H16N2O4S. The minimum atomic E-state index is -0.684. The summed E-state index contributed by atoms with van der Waals surface area (Å²) in [5, 5.41) is 19.0. The topological polar surface area (TPSA) is 95.3 Å². The van der Waals surface area contributed by atoms with E-state index in [1.165, 1.54) is 22.5 Å². The van der Waals surface area contributed by atoms with Crippen molar-refractivity contribution in [1.82, 2.24) is 9.55 Å². The molecule has 0 aliphatic carbocycles. The third-order valence-electron chi connectivity index (χ3n) is 3.31. The first-order chi connectivity index (χ1) is 8.37. The number of thioether (sulfide) groups is 1. The third-order valence-corrected chi connectivity index (χ3v) is 4.94. The summed E-state index contributed by atoms with van der Waals surface area (Å²) in [5.74, 6) is 0. The second-order valence-electron chi connectivity index (χ2n) is 4.77. The lowest BCUT2D eigenvalue weighted by Crippen LogP contribution is -2.34. The number of aromatic amines is 1. The Hall–Kier alpha value is -1.05. The first-order valence-corrected chi connectivity index (χ1v) is 6.54. The van der Waals surface area contributed by atoms with Crippen LogP contribution in [0.15, 0.2) is 15.8 Å². The molecule has 100 valence electrons. The summed E-state index contributed by atoms with van der Waals surface area (Å²) in [7, 11) is 0. The van der Waals surface area contributed by atoms with Crippen LogP contribution in [0.1, 0.15) is 24.3 Å². The summed E-state index contributed by atoms with van der Waals surface area (Å²) in [6.07, 6.45) is 1.18. The van der Waals surface area contributed by atoms with Crippen molar-refractivity contribution in [1.29, 1.82) is 0 Å². The fourth-order valence-electron chi connectivity index (χ4n) is 1.99. The highest BCUT2D eigenvalue weighted by Gasteiger charge is 2.44. The van der Waals surface area contributed by atoms with Crippen molar-refractivity contribution in [3.8, 4) is 0 Å². The molecule has 1 saturated heterocycles. The van der Waals surface area contributed by atoms with Gasteiger partial charge in [0.15, 0.2) is 0 Å². The second kappa shape index (κ2) is 4.56. The van der Waals surface area contributed by atoms with Gasteiger partial charge in [-0.05, 0) is 13.8 Å². The number of hydrogen-bond acceptors (Lipinski definition) is 5. The third kappa shape index (κ3) is 2.13. The molecular weight excluding hydrogens is 256 g/mol. The molecule has 6 nitrogen and oxygen atoms in total. The van der Waals surface area contributed by atoms with E-state index in [0.717, 1.165) is 0 Å². The first kappa shape index (κ1) is 13.4. The van der Waals surface area contributed by atoms with E-state index in [2.05, 4.69) is 4.98 Å². The molecule has 0 radical (unpaired) electrons. The van der Waals surface area contributed by atoms with Gasteiger partial charge in [0.2, 0.25) is 0 Å². The average Bonchev–Trinajstić information content (AvgIpc) is 2.61. The molecule has 1 aliphatic rings. The van der Waals surface area contributed by atoms with E-state index in [0.29, 0.717) is 12.0 Å². The zero-order valence-corrected chi connectivity index (χ0v) is 11.0. The molecule has 1 aliphatic heterocycles. The zero-order chi connectivity index (χ0) is 13.5. The molecule has 1 aromatic heterocycles. The van der Waals surface area contributed by atoms with Gasteiger partial charge in [-0.2, -0.15) is 0 Å². The molecule has 0 saturated carbocycles. The monoisotopic (exact) mass is 272 g/mol. The van der Waals surface area contributed by atoms with Crippen molar-refractivity contribution < 1.29 is 10.2 Å². The maximum atomic E-state index is 11.7. The lowest BCUT2D eigenvalue weighted by molar-refractivity contribution is 0.0980. The quantitative estimate of drug-likeness (QED) is 0.680. The van der Waals surface area contributed by atoms with Gasteiger partial charge in [-0.25, -0.2) is 4.79 Å². The molecule has 0 amide bonds. The van der Waals surface area contributed by atoms with Crippen molar-refractivity contribution in [2.24, 2.45) is 0 Å². The van der Waals surface area contributed by atoms with Gasteiger partial charge in [0.25, 0.3) is 5.56 Å². The minimum Gasteiger partial charge on any atom is -0.395 e. The number of hydrogen-bond donors (Lipinski definition) is 3. The van der Waals surface area contributed by atoms with Gasteiger partial charge in [0.1, 0.15) is 0 Å². The van der Waals surface area contributed by atoms with E-state index in [1.54, 1.807) is 13.8 Å². The van der Waals surface area contributed by atoms with E-state index in [1.807, 2.05) is 0 Å². The maximum absolute atomic E-state index is 11.7. The molecule has 3 atom stereocenters. The highest BCUT2D eigenvalue weighted by Crippen LogP contribution is 2.48. The van der Waals surface area contributed by atoms with Gasteiger partial charge in [-0.1, -0.05) is 0 Å². The molecule has 18 heavy (non-hydrogen) atoms. The Morgan fingerprint density at radius 3 is 2.83 bits per heavy atom. The number of aryl methyl sites for hydroxylation is 1. The van der Waals surface area contributed by atoms with Crippen molar-refractivity contribution in [2.75, 3.05) is 6.61 Å². The van der Waals surface area contributed by atoms with Gasteiger partial charge in [0.05, 0.1) is 22.8 Å². The normalized spacial score (nSPS) is 31.8. The highest BCUT2D eigenvalue weighted by molar-refractivity contribution is 8.01. The van der Waals surface area contributed by atoms with Crippen LogP contribution in [-0.4, -0.2) is 37.2 Å². The fraction of sp³-hybridized carbons (Fsp3) is 0.636. The van der Waals surface area contributed by atoms with Crippen molar-refractivity contribution in [2.45, 2.75) is 36.5 Å². The Bertz CT molecular complexity index is 567. The van der Waals surface area contributed by atoms with Crippen LogP contribution in [0.2, 0.25) is 0 Å². The van der Waals surface area contributed by atoms with Crippen LogP contribution in [0, 0.1) is 6.92 Å². The Morgan fingerprint density at radius 2 is 2.28 bits per heavy atom. The zero-order valence-electron chi connectivity index (χ0n) is 10.2. The van der Waals surface area contributed by atoms with Crippen LogP contribution in [-0.2, 0) is 0 Å². The van der Waals surface area contributed by atoms with Gasteiger partial charge in [-0.3, -0.25) is 14.3 Å². The second-order valence-corrected chi connectivity index (χ2v) is 6.49. The van der Waals surface area contributed by atoms with Gasteiger partial charge in [0, 0.05) is 18.2 Å². The number of nitrogens with one attached hydrogen (secondary N) is 1. The SMILES string of the molecule is Cc1cn(C2CC(O)C(C)(CO)S2)c(=O)[nH]c1=O. The Labute approximate surface area is 108 Å². The first-order valence-electron chi connectivity index (χ1n) is 5.66. The minimum absolute atomic E-state index is 0.160.